The Labute approximate surface area is 165 Å². The molecule has 0 saturated heterocycles. The molecule has 0 spiro atoms. The molecule has 7 heteroatoms. The van der Waals surface area contributed by atoms with E-state index in [1.165, 1.54) is 0 Å². The Hall–Kier alpha value is -3.22. The van der Waals surface area contributed by atoms with E-state index in [-0.39, 0.29) is 5.91 Å². The molecule has 0 bridgehead atoms. The molecule has 0 fully saturated rings. The number of ether oxygens (including phenoxy) is 2. The minimum atomic E-state index is -0.589. The number of carbonyl (C=O) groups excluding carboxylic acids is 2. The van der Waals surface area contributed by atoms with Crippen molar-refractivity contribution in [3.8, 4) is 11.5 Å². The minimum Gasteiger partial charge on any atom is -0.490 e. The summed E-state index contributed by atoms with van der Waals surface area (Å²) < 4.78 is 11.5. The van der Waals surface area contributed by atoms with Crippen LogP contribution in [-0.4, -0.2) is 25.2 Å². The van der Waals surface area contributed by atoms with E-state index in [9.17, 15) is 9.59 Å². The van der Waals surface area contributed by atoms with Gasteiger partial charge in [-0.1, -0.05) is 26.0 Å². The van der Waals surface area contributed by atoms with E-state index >= 15 is 0 Å². The molecule has 2 aromatic carbocycles. The Kier molecular flexibility index (Phi) is 8.14. The maximum Gasteiger partial charge on any atom is 0.312 e. The van der Waals surface area contributed by atoms with Crippen molar-refractivity contribution in [3.05, 3.63) is 53.6 Å². The second-order valence-electron chi connectivity index (χ2n) is 6.23. The number of hydrogen-bond donors (Lipinski definition) is 3. The lowest BCUT2D eigenvalue weighted by Crippen LogP contribution is -2.28. The monoisotopic (exact) mass is 385 g/mol. The number of primary amides is 1. The lowest BCUT2D eigenvalue weighted by molar-refractivity contribution is 0.102. The summed E-state index contributed by atoms with van der Waals surface area (Å²) in [7, 11) is 0. The molecule has 0 aliphatic heterocycles. The highest BCUT2D eigenvalue weighted by molar-refractivity contribution is 6.04. The SMILES string of the molecule is CCCOc1ccc(NC(=O)c2ccc(CNC(N)=O)cc2)cc1OCCC. The number of rotatable bonds is 10. The molecule has 2 aromatic rings. The number of amides is 3. The molecule has 0 aliphatic rings. The van der Waals surface area contributed by atoms with Crippen LogP contribution >= 0.6 is 0 Å². The van der Waals surface area contributed by atoms with Gasteiger partial charge in [-0.05, 0) is 42.7 Å². The van der Waals surface area contributed by atoms with Crippen LogP contribution in [0.1, 0.15) is 42.6 Å². The minimum absolute atomic E-state index is 0.238. The van der Waals surface area contributed by atoms with E-state index in [0.717, 1.165) is 18.4 Å². The molecule has 4 N–H and O–H groups in total. The van der Waals surface area contributed by atoms with E-state index in [2.05, 4.69) is 10.6 Å². The van der Waals surface area contributed by atoms with Gasteiger partial charge in [0.2, 0.25) is 0 Å². The van der Waals surface area contributed by atoms with Gasteiger partial charge < -0.3 is 25.8 Å². The zero-order valence-electron chi connectivity index (χ0n) is 16.3. The second kappa shape index (κ2) is 10.8. The van der Waals surface area contributed by atoms with Gasteiger partial charge >= 0.3 is 6.03 Å². The number of nitrogens with one attached hydrogen (secondary N) is 2. The average molecular weight is 385 g/mol. The number of carbonyl (C=O) groups is 2. The van der Waals surface area contributed by atoms with Crippen LogP contribution in [0.4, 0.5) is 10.5 Å². The topological polar surface area (TPSA) is 103 Å². The number of hydrogen-bond acceptors (Lipinski definition) is 4. The summed E-state index contributed by atoms with van der Waals surface area (Å²) in [5.41, 5.74) is 7.03. The summed E-state index contributed by atoms with van der Waals surface area (Å²) >= 11 is 0. The largest absolute Gasteiger partial charge is 0.490 e. The molecule has 2 rings (SSSR count). The molecular formula is C21H27N3O4. The molecule has 0 radical (unpaired) electrons. The van der Waals surface area contributed by atoms with Crippen LogP contribution in [0.5, 0.6) is 11.5 Å². The molecule has 0 aliphatic carbocycles. The van der Waals surface area contributed by atoms with E-state index in [1.54, 1.807) is 42.5 Å². The van der Waals surface area contributed by atoms with Gasteiger partial charge in [-0.15, -0.1) is 0 Å². The molecule has 3 amide bonds. The molecule has 150 valence electrons. The lowest BCUT2D eigenvalue weighted by atomic mass is 10.1. The fourth-order valence-electron chi connectivity index (χ4n) is 2.41. The molecule has 28 heavy (non-hydrogen) atoms. The predicted octanol–water partition coefficient (Wildman–Crippen LogP) is 3.68. The average Bonchev–Trinajstić information content (AvgIpc) is 2.70. The van der Waals surface area contributed by atoms with Gasteiger partial charge in [-0.3, -0.25) is 4.79 Å². The summed E-state index contributed by atoms with van der Waals surface area (Å²) in [6.45, 7) is 5.55. The van der Waals surface area contributed by atoms with Crippen LogP contribution in [0, 0.1) is 0 Å². The number of urea groups is 1. The lowest BCUT2D eigenvalue weighted by Gasteiger charge is -2.14. The molecule has 7 nitrogen and oxygen atoms in total. The summed E-state index contributed by atoms with van der Waals surface area (Å²) in [4.78, 5) is 23.3. The van der Waals surface area contributed by atoms with E-state index in [1.807, 2.05) is 13.8 Å². The Morgan fingerprint density at radius 1 is 0.929 bits per heavy atom. The highest BCUT2D eigenvalue weighted by Crippen LogP contribution is 2.31. The number of nitrogens with two attached hydrogens (primary N) is 1. The van der Waals surface area contributed by atoms with Crippen LogP contribution < -0.4 is 25.8 Å². The van der Waals surface area contributed by atoms with Crippen LogP contribution in [0.3, 0.4) is 0 Å². The van der Waals surface area contributed by atoms with Crippen molar-refractivity contribution < 1.29 is 19.1 Å². The fraction of sp³-hybridized carbons (Fsp3) is 0.333. The zero-order chi connectivity index (χ0) is 20.4. The molecule has 0 atom stereocenters. The van der Waals surface area contributed by atoms with Crippen molar-refractivity contribution in [2.75, 3.05) is 18.5 Å². The fourth-order valence-corrected chi connectivity index (χ4v) is 2.41. The third-order valence-corrected chi connectivity index (χ3v) is 3.81. The van der Waals surface area contributed by atoms with Crippen LogP contribution in [0.2, 0.25) is 0 Å². The van der Waals surface area contributed by atoms with Crippen molar-refractivity contribution in [2.45, 2.75) is 33.2 Å². The summed E-state index contributed by atoms with van der Waals surface area (Å²) in [5.74, 6) is 1.04. The van der Waals surface area contributed by atoms with Crippen molar-refractivity contribution in [2.24, 2.45) is 5.73 Å². The Balaban J connectivity index is 2.06. The predicted molar refractivity (Wildman–Crippen MR) is 109 cm³/mol. The molecule has 0 unspecified atom stereocenters. The standard InChI is InChI=1S/C21H27N3O4/c1-3-11-27-18-10-9-17(13-19(18)28-12-4-2)24-20(25)16-7-5-15(6-8-16)14-23-21(22)26/h5-10,13H,3-4,11-12,14H2,1-2H3,(H,24,25)(H3,22,23,26). The van der Waals surface area contributed by atoms with Gasteiger partial charge in [-0.25, -0.2) is 4.79 Å². The van der Waals surface area contributed by atoms with Crippen molar-refractivity contribution in [3.63, 3.8) is 0 Å². The first-order chi connectivity index (χ1) is 13.5. The normalized spacial score (nSPS) is 10.2. The maximum atomic E-state index is 12.5. The summed E-state index contributed by atoms with van der Waals surface area (Å²) in [6.07, 6.45) is 1.78. The van der Waals surface area contributed by atoms with Crippen LogP contribution in [-0.2, 0) is 6.54 Å². The zero-order valence-corrected chi connectivity index (χ0v) is 16.3. The quantitative estimate of drug-likeness (QED) is 0.580. The molecule has 0 heterocycles. The van der Waals surface area contributed by atoms with Gasteiger partial charge in [0.25, 0.3) is 5.91 Å². The summed E-state index contributed by atoms with van der Waals surface area (Å²) in [5, 5.41) is 5.37. The first-order valence-electron chi connectivity index (χ1n) is 9.36. The first-order valence-corrected chi connectivity index (χ1v) is 9.36. The third kappa shape index (κ3) is 6.50. The smallest absolute Gasteiger partial charge is 0.312 e. The molecule has 0 saturated carbocycles. The van der Waals surface area contributed by atoms with Gasteiger partial charge in [0.05, 0.1) is 13.2 Å². The Bertz CT molecular complexity index is 791. The first kappa shape index (κ1) is 21.1. The van der Waals surface area contributed by atoms with Crippen LogP contribution in [0.15, 0.2) is 42.5 Å². The highest BCUT2D eigenvalue weighted by Gasteiger charge is 2.10. The number of benzene rings is 2. The Morgan fingerprint density at radius 3 is 2.18 bits per heavy atom. The van der Waals surface area contributed by atoms with E-state index in [0.29, 0.717) is 42.5 Å². The number of anilines is 1. The van der Waals surface area contributed by atoms with Gasteiger partial charge in [0.15, 0.2) is 11.5 Å². The maximum absolute atomic E-state index is 12.5. The van der Waals surface area contributed by atoms with E-state index < -0.39 is 6.03 Å². The second-order valence-corrected chi connectivity index (χ2v) is 6.23. The van der Waals surface area contributed by atoms with Crippen LogP contribution in [0.25, 0.3) is 0 Å². The van der Waals surface area contributed by atoms with Crippen molar-refractivity contribution in [1.29, 1.82) is 0 Å². The molecular weight excluding hydrogens is 358 g/mol. The van der Waals surface area contributed by atoms with E-state index in [4.69, 9.17) is 15.2 Å². The van der Waals surface area contributed by atoms with Gasteiger partial charge in [0, 0.05) is 23.9 Å². The van der Waals surface area contributed by atoms with Crippen molar-refractivity contribution in [1.82, 2.24) is 5.32 Å². The van der Waals surface area contributed by atoms with Gasteiger partial charge in [-0.2, -0.15) is 0 Å². The summed E-state index contributed by atoms with van der Waals surface area (Å²) in [6, 6.07) is 11.7. The molecule has 0 aromatic heterocycles. The highest BCUT2D eigenvalue weighted by atomic mass is 16.5. The van der Waals surface area contributed by atoms with Gasteiger partial charge in [0.1, 0.15) is 0 Å². The van der Waals surface area contributed by atoms with Crippen molar-refractivity contribution >= 4 is 17.6 Å². The Morgan fingerprint density at radius 2 is 1.57 bits per heavy atom. The third-order valence-electron chi connectivity index (χ3n) is 3.81.